The zero-order valence-electron chi connectivity index (χ0n) is 8.68. The summed E-state index contributed by atoms with van der Waals surface area (Å²) in [4.78, 5) is 0. The van der Waals surface area contributed by atoms with Crippen LogP contribution >= 0.6 is 79.6 Å². The molecule has 0 aromatic heterocycles. The molecule has 0 aliphatic carbocycles. The van der Waals surface area contributed by atoms with E-state index in [1.54, 1.807) is 0 Å². The predicted molar refractivity (Wildman–Crippen MR) is 91.5 cm³/mol. The summed E-state index contributed by atoms with van der Waals surface area (Å²) >= 11 is 17.3. The second kappa shape index (κ2) is 6.39. The molecule has 2 rings (SSSR count). The maximum Gasteiger partial charge on any atom is 0.142 e. The summed E-state index contributed by atoms with van der Waals surface area (Å²) in [7, 11) is 0. The summed E-state index contributed by atoms with van der Waals surface area (Å²) in [6.07, 6.45) is 0. The third-order valence-electron chi connectivity index (χ3n) is 2.12. The molecule has 1 nitrogen and oxygen atoms in total. The first-order chi connectivity index (χ1) is 8.49. The van der Waals surface area contributed by atoms with Gasteiger partial charge in [0.1, 0.15) is 11.5 Å². The van der Waals surface area contributed by atoms with E-state index in [-0.39, 0.29) is 0 Å². The zero-order valence-corrected chi connectivity index (χ0v) is 16.6. The normalized spacial score (nSPS) is 10.5. The average molecular weight is 565 g/mol. The van der Waals surface area contributed by atoms with Crippen LogP contribution in [0.15, 0.2) is 52.7 Å². The van der Waals surface area contributed by atoms with Gasteiger partial charge in [0.05, 0.1) is 4.47 Å². The standard InChI is InChI=1S/C12H5Br5O/c13-7-2-1-6(5-9(7)15)18-10-4-3-8(14)11(16)12(10)17/h1-5H. The lowest BCUT2D eigenvalue weighted by atomic mass is 10.3. The maximum atomic E-state index is 5.83. The van der Waals surface area contributed by atoms with Crippen LogP contribution in [0.1, 0.15) is 0 Å². The first-order valence-corrected chi connectivity index (χ1v) is 8.72. The number of hydrogen-bond donors (Lipinski definition) is 0. The lowest BCUT2D eigenvalue weighted by Gasteiger charge is -2.10. The fourth-order valence-electron chi connectivity index (χ4n) is 1.25. The molecule has 94 valence electrons. The van der Waals surface area contributed by atoms with Gasteiger partial charge in [0.2, 0.25) is 0 Å². The Morgan fingerprint density at radius 2 is 1.33 bits per heavy atom. The Labute approximate surface area is 147 Å². The summed E-state index contributed by atoms with van der Waals surface area (Å²) < 4.78 is 10.5. The van der Waals surface area contributed by atoms with Crippen molar-refractivity contribution in [3.8, 4) is 11.5 Å². The van der Waals surface area contributed by atoms with Crippen molar-refractivity contribution < 1.29 is 4.74 Å². The van der Waals surface area contributed by atoms with E-state index in [2.05, 4.69) is 79.6 Å². The van der Waals surface area contributed by atoms with Crippen molar-refractivity contribution in [2.45, 2.75) is 0 Å². The Morgan fingerprint density at radius 3 is 2.00 bits per heavy atom. The monoisotopic (exact) mass is 560 g/mol. The Morgan fingerprint density at radius 1 is 0.667 bits per heavy atom. The van der Waals surface area contributed by atoms with Gasteiger partial charge >= 0.3 is 0 Å². The Balaban J connectivity index is 2.34. The lowest BCUT2D eigenvalue weighted by molar-refractivity contribution is 0.478. The van der Waals surface area contributed by atoms with Crippen molar-refractivity contribution in [2.75, 3.05) is 0 Å². The molecule has 0 heterocycles. The van der Waals surface area contributed by atoms with Crippen molar-refractivity contribution >= 4 is 79.6 Å². The van der Waals surface area contributed by atoms with Crippen LogP contribution in [0, 0.1) is 0 Å². The largest absolute Gasteiger partial charge is 0.456 e. The fraction of sp³-hybridized carbons (Fsp3) is 0. The lowest BCUT2D eigenvalue weighted by Crippen LogP contribution is -1.87. The summed E-state index contributed by atoms with van der Waals surface area (Å²) in [6.45, 7) is 0. The molecule has 0 bridgehead atoms. The molecule has 2 aromatic rings. The minimum absolute atomic E-state index is 0.749. The van der Waals surface area contributed by atoms with Crippen molar-refractivity contribution in [3.63, 3.8) is 0 Å². The van der Waals surface area contributed by atoms with Gasteiger partial charge in [0.25, 0.3) is 0 Å². The molecule has 0 aliphatic rings. The van der Waals surface area contributed by atoms with Crippen LogP contribution in [0.25, 0.3) is 0 Å². The van der Waals surface area contributed by atoms with Crippen LogP contribution in [0.3, 0.4) is 0 Å². The van der Waals surface area contributed by atoms with Crippen LogP contribution < -0.4 is 4.74 Å². The molecule has 18 heavy (non-hydrogen) atoms. The second-order valence-corrected chi connectivity index (χ2v) is 7.50. The van der Waals surface area contributed by atoms with Gasteiger partial charge in [-0.25, -0.2) is 0 Å². The zero-order chi connectivity index (χ0) is 13.3. The van der Waals surface area contributed by atoms with Crippen molar-refractivity contribution in [2.24, 2.45) is 0 Å². The molecule has 0 aliphatic heterocycles. The van der Waals surface area contributed by atoms with Crippen LogP contribution in [-0.4, -0.2) is 0 Å². The molecule has 0 saturated carbocycles. The first-order valence-electron chi connectivity index (χ1n) is 4.75. The third kappa shape index (κ3) is 3.39. The molecular weight excluding hydrogens is 560 g/mol. The Kier molecular flexibility index (Phi) is 5.34. The van der Waals surface area contributed by atoms with Gasteiger partial charge in [0.15, 0.2) is 0 Å². The highest BCUT2D eigenvalue weighted by atomic mass is 79.9. The van der Waals surface area contributed by atoms with Crippen LogP contribution in [0.5, 0.6) is 11.5 Å². The van der Waals surface area contributed by atoms with Crippen LogP contribution in [-0.2, 0) is 0 Å². The first kappa shape index (κ1) is 15.0. The number of hydrogen-bond acceptors (Lipinski definition) is 1. The molecule has 0 unspecified atom stereocenters. The topological polar surface area (TPSA) is 9.23 Å². The maximum absolute atomic E-state index is 5.83. The molecule has 2 aromatic carbocycles. The predicted octanol–water partition coefficient (Wildman–Crippen LogP) is 7.29. The van der Waals surface area contributed by atoms with E-state index in [4.69, 9.17) is 4.74 Å². The highest BCUT2D eigenvalue weighted by Gasteiger charge is 2.10. The van der Waals surface area contributed by atoms with E-state index in [0.29, 0.717) is 0 Å². The van der Waals surface area contributed by atoms with Gasteiger partial charge in [-0.1, -0.05) is 0 Å². The summed E-state index contributed by atoms with van der Waals surface area (Å²) in [5.41, 5.74) is 0. The average Bonchev–Trinajstić information content (AvgIpc) is 2.34. The molecule has 0 amide bonds. The van der Waals surface area contributed by atoms with Crippen LogP contribution in [0.4, 0.5) is 0 Å². The second-order valence-electron chi connectivity index (χ2n) is 3.35. The minimum Gasteiger partial charge on any atom is -0.456 e. The number of rotatable bonds is 2. The summed E-state index contributed by atoms with van der Waals surface area (Å²) in [5, 5.41) is 0. The van der Waals surface area contributed by atoms with Crippen molar-refractivity contribution in [1.29, 1.82) is 0 Å². The van der Waals surface area contributed by atoms with E-state index in [0.717, 1.165) is 33.9 Å². The third-order valence-corrected chi connectivity index (χ3v) is 7.33. The number of benzene rings is 2. The van der Waals surface area contributed by atoms with E-state index in [1.807, 2.05) is 30.3 Å². The Hall–Kier alpha value is 0.640. The van der Waals surface area contributed by atoms with Gasteiger partial charge < -0.3 is 4.74 Å². The van der Waals surface area contributed by atoms with Crippen LogP contribution in [0.2, 0.25) is 0 Å². The van der Waals surface area contributed by atoms with Gasteiger partial charge in [-0.2, -0.15) is 0 Å². The quantitative estimate of drug-likeness (QED) is 0.348. The van der Waals surface area contributed by atoms with Gasteiger partial charge in [-0.05, 0) is 110 Å². The molecular formula is C12H5Br5O. The fourth-order valence-corrected chi connectivity index (χ4v) is 3.21. The van der Waals surface area contributed by atoms with E-state index in [1.165, 1.54) is 0 Å². The number of ether oxygens (including phenoxy) is 1. The SMILES string of the molecule is Brc1ccc(Oc2ccc(Br)c(Br)c2Br)cc1Br. The molecule has 0 saturated heterocycles. The van der Waals surface area contributed by atoms with Gasteiger partial charge in [0, 0.05) is 17.9 Å². The molecule has 0 atom stereocenters. The smallest absolute Gasteiger partial charge is 0.142 e. The van der Waals surface area contributed by atoms with E-state index < -0.39 is 0 Å². The van der Waals surface area contributed by atoms with Gasteiger partial charge in [-0.3, -0.25) is 0 Å². The molecule has 0 fully saturated rings. The molecule has 0 spiro atoms. The minimum atomic E-state index is 0.749. The van der Waals surface area contributed by atoms with Crippen molar-refractivity contribution in [1.82, 2.24) is 0 Å². The molecule has 0 N–H and O–H groups in total. The summed E-state index contributed by atoms with van der Waals surface area (Å²) in [5.74, 6) is 1.51. The van der Waals surface area contributed by atoms with Crippen molar-refractivity contribution in [3.05, 3.63) is 52.7 Å². The highest BCUT2D eigenvalue weighted by molar-refractivity contribution is 9.14. The van der Waals surface area contributed by atoms with E-state index in [9.17, 15) is 0 Å². The van der Waals surface area contributed by atoms with E-state index >= 15 is 0 Å². The Bertz CT molecular complexity index is 597. The number of halogens is 5. The van der Waals surface area contributed by atoms with Gasteiger partial charge in [-0.15, -0.1) is 0 Å². The summed E-state index contributed by atoms with van der Waals surface area (Å²) in [6, 6.07) is 9.57. The molecule has 0 radical (unpaired) electrons. The molecule has 6 heteroatoms. The highest BCUT2D eigenvalue weighted by Crippen LogP contribution is 2.40.